The lowest BCUT2D eigenvalue weighted by Crippen LogP contribution is -2.09. The SMILES string of the molecule is CCCCCCCCc1ccc(-c2cccs2)cc1C(F)(F)F. The molecule has 0 saturated heterocycles. The molecule has 4 heteroatoms. The minimum absolute atomic E-state index is 0.424. The van der Waals surface area contributed by atoms with Gasteiger partial charge in [-0.25, -0.2) is 0 Å². The highest BCUT2D eigenvalue weighted by molar-refractivity contribution is 7.13. The maximum absolute atomic E-state index is 13.3. The number of halogens is 3. The van der Waals surface area contributed by atoms with Gasteiger partial charge >= 0.3 is 6.18 Å². The zero-order valence-electron chi connectivity index (χ0n) is 13.5. The monoisotopic (exact) mass is 340 g/mol. The summed E-state index contributed by atoms with van der Waals surface area (Å²) < 4.78 is 40.0. The molecule has 1 aromatic carbocycles. The summed E-state index contributed by atoms with van der Waals surface area (Å²) in [5.74, 6) is 0. The first kappa shape index (κ1) is 18.1. The molecule has 0 amide bonds. The molecule has 0 saturated carbocycles. The predicted molar refractivity (Wildman–Crippen MR) is 91.8 cm³/mol. The summed E-state index contributed by atoms with van der Waals surface area (Å²) in [6.07, 6.45) is 2.74. The van der Waals surface area contributed by atoms with Crippen LogP contribution in [0.2, 0.25) is 0 Å². The molecule has 1 heterocycles. The van der Waals surface area contributed by atoms with Gasteiger partial charge in [-0.2, -0.15) is 13.2 Å². The van der Waals surface area contributed by atoms with Crippen LogP contribution in [0.1, 0.15) is 56.6 Å². The van der Waals surface area contributed by atoms with Crippen LogP contribution in [-0.4, -0.2) is 0 Å². The van der Waals surface area contributed by atoms with Gasteiger partial charge in [-0.15, -0.1) is 11.3 Å². The second-order valence-corrected chi connectivity index (χ2v) is 6.81. The van der Waals surface area contributed by atoms with Gasteiger partial charge in [0, 0.05) is 4.88 Å². The first-order valence-electron chi connectivity index (χ1n) is 8.26. The highest BCUT2D eigenvalue weighted by atomic mass is 32.1. The third-order valence-electron chi connectivity index (χ3n) is 4.02. The van der Waals surface area contributed by atoms with Crippen molar-refractivity contribution >= 4 is 11.3 Å². The van der Waals surface area contributed by atoms with Crippen molar-refractivity contribution in [2.75, 3.05) is 0 Å². The van der Waals surface area contributed by atoms with Crippen molar-refractivity contribution in [2.24, 2.45) is 0 Å². The smallest absolute Gasteiger partial charge is 0.166 e. The van der Waals surface area contributed by atoms with Gasteiger partial charge in [0.25, 0.3) is 0 Å². The van der Waals surface area contributed by atoms with E-state index in [0.717, 1.165) is 24.1 Å². The molecule has 0 unspecified atom stereocenters. The number of hydrogen-bond donors (Lipinski definition) is 0. The van der Waals surface area contributed by atoms with Crippen molar-refractivity contribution in [3.8, 4) is 10.4 Å². The van der Waals surface area contributed by atoms with Crippen LogP contribution in [0.25, 0.3) is 10.4 Å². The van der Waals surface area contributed by atoms with E-state index in [4.69, 9.17) is 0 Å². The first-order chi connectivity index (χ1) is 11.0. The van der Waals surface area contributed by atoms with Crippen molar-refractivity contribution in [3.63, 3.8) is 0 Å². The molecule has 2 rings (SSSR count). The van der Waals surface area contributed by atoms with E-state index in [1.165, 1.54) is 36.7 Å². The van der Waals surface area contributed by atoms with E-state index in [2.05, 4.69) is 6.92 Å². The van der Waals surface area contributed by atoms with Crippen molar-refractivity contribution < 1.29 is 13.2 Å². The van der Waals surface area contributed by atoms with Crippen LogP contribution in [-0.2, 0) is 12.6 Å². The largest absolute Gasteiger partial charge is 0.416 e. The molecule has 0 N–H and O–H groups in total. The molecule has 0 radical (unpaired) electrons. The van der Waals surface area contributed by atoms with E-state index in [0.29, 0.717) is 17.5 Å². The fraction of sp³-hybridized carbons (Fsp3) is 0.474. The van der Waals surface area contributed by atoms with E-state index in [1.807, 2.05) is 23.6 Å². The third kappa shape index (κ3) is 5.38. The molecule has 126 valence electrons. The molecule has 0 aliphatic heterocycles. The molecule has 0 aliphatic rings. The number of unbranched alkanes of at least 4 members (excludes halogenated alkanes) is 5. The standard InChI is InChI=1S/C19H23F3S/c1-2-3-4-5-6-7-9-15-11-12-16(18-10-8-13-23-18)14-17(15)19(20,21)22/h8,10-14H,2-7,9H2,1H3. The number of alkyl halides is 3. The number of rotatable bonds is 8. The van der Waals surface area contributed by atoms with Crippen LogP contribution in [0.3, 0.4) is 0 Å². The van der Waals surface area contributed by atoms with Gasteiger partial charge in [0.2, 0.25) is 0 Å². The van der Waals surface area contributed by atoms with Crippen molar-refractivity contribution in [3.05, 3.63) is 46.8 Å². The summed E-state index contributed by atoms with van der Waals surface area (Å²) >= 11 is 1.46. The summed E-state index contributed by atoms with van der Waals surface area (Å²) in [6, 6.07) is 8.49. The minimum atomic E-state index is -4.29. The zero-order valence-corrected chi connectivity index (χ0v) is 14.3. The Bertz CT molecular complexity index is 585. The Labute approximate surface area is 140 Å². The summed E-state index contributed by atoms with van der Waals surface area (Å²) in [5.41, 5.74) is 0.601. The Morgan fingerprint density at radius 3 is 2.35 bits per heavy atom. The van der Waals surface area contributed by atoms with Gasteiger partial charge in [0.15, 0.2) is 0 Å². The summed E-state index contributed by atoms with van der Waals surface area (Å²) in [7, 11) is 0. The van der Waals surface area contributed by atoms with Gasteiger partial charge in [-0.1, -0.05) is 57.2 Å². The van der Waals surface area contributed by atoms with E-state index in [-0.39, 0.29) is 0 Å². The van der Waals surface area contributed by atoms with Gasteiger partial charge in [-0.05, 0) is 41.5 Å². The maximum atomic E-state index is 13.3. The topological polar surface area (TPSA) is 0 Å². The Kier molecular flexibility index (Phi) is 6.70. The Morgan fingerprint density at radius 1 is 0.957 bits per heavy atom. The lowest BCUT2D eigenvalue weighted by atomic mass is 9.97. The van der Waals surface area contributed by atoms with Crippen molar-refractivity contribution in [1.29, 1.82) is 0 Å². The molecular weight excluding hydrogens is 317 g/mol. The fourth-order valence-electron chi connectivity index (χ4n) is 2.75. The number of benzene rings is 1. The molecule has 2 aromatic rings. The molecule has 0 aliphatic carbocycles. The van der Waals surface area contributed by atoms with E-state index in [9.17, 15) is 13.2 Å². The number of thiophene rings is 1. The Balaban J connectivity index is 2.06. The molecule has 0 spiro atoms. The summed E-state index contributed by atoms with van der Waals surface area (Å²) in [5, 5.41) is 1.88. The summed E-state index contributed by atoms with van der Waals surface area (Å²) in [4.78, 5) is 0.876. The highest BCUT2D eigenvalue weighted by Gasteiger charge is 2.33. The summed E-state index contributed by atoms with van der Waals surface area (Å²) in [6.45, 7) is 2.16. The van der Waals surface area contributed by atoms with Crippen LogP contribution < -0.4 is 0 Å². The number of aryl methyl sites for hydroxylation is 1. The average Bonchev–Trinajstić information content (AvgIpc) is 3.04. The normalized spacial score (nSPS) is 11.8. The van der Waals surface area contributed by atoms with Crippen LogP contribution >= 0.6 is 11.3 Å². The van der Waals surface area contributed by atoms with Crippen LogP contribution in [0, 0.1) is 0 Å². The van der Waals surface area contributed by atoms with Gasteiger partial charge < -0.3 is 0 Å². The van der Waals surface area contributed by atoms with Crippen LogP contribution in [0.15, 0.2) is 35.7 Å². The minimum Gasteiger partial charge on any atom is -0.166 e. The van der Waals surface area contributed by atoms with E-state index in [1.54, 1.807) is 6.07 Å². The molecule has 0 fully saturated rings. The van der Waals surface area contributed by atoms with Gasteiger partial charge in [-0.3, -0.25) is 0 Å². The molecule has 23 heavy (non-hydrogen) atoms. The molecule has 0 nitrogen and oxygen atoms in total. The zero-order chi connectivity index (χ0) is 16.7. The predicted octanol–water partition coefficient (Wildman–Crippen LogP) is 7.34. The van der Waals surface area contributed by atoms with E-state index < -0.39 is 11.7 Å². The lowest BCUT2D eigenvalue weighted by molar-refractivity contribution is -0.138. The Hall–Kier alpha value is -1.29. The first-order valence-corrected chi connectivity index (χ1v) is 9.14. The van der Waals surface area contributed by atoms with E-state index >= 15 is 0 Å². The highest BCUT2D eigenvalue weighted by Crippen LogP contribution is 2.36. The quantitative estimate of drug-likeness (QED) is 0.441. The lowest BCUT2D eigenvalue weighted by Gasteiger charge is -2.14. The van der Waals surface area contributed by atoms with Gasteiger partial charge in [0.1, 0.15) is 0 Å². The number of hydrogen-bond acceptors (Lipinski definition) is 1. The molecular formula is C19H23F3S. The second kappa shape index (κ2) is 8.53. The Morgan fingerprint density at radius 2 is 1.70 bits per heavy atom. The van der Waals surface area contributed by atoms with Crippen molar-refractivity contribution in [2.45, 2.75) is 58.0 Å². The fourth-order valence-corrected chi connectivity index (χ4v) is 3.47. The average molecular weight is 340 g/mol. The van der Waals surface area contributed by atoms with Gasteiger partial charge in [0.05, 0.1) is 5.56 Å². The third-order valence-corrected chi connectivity index (χ3v) is 4.94. The van der Waals surface area contributed by atoms with Crippen LogP contribution in [0.5, 0.6) is 0 Å². The molecule has 1 aromatic heterocycles. The maximum Gasteiger partial charge on any atom is 0.416 e. The van der Waals surface area contributed by atoms with Crippen molar-refractivity contribution in [1.82, 2.24) is 0 Å². The van der Waals surface area contributed by atoms with Crippen LogP contribution in [0.4, 0.5) is 13.2 Å². The molecule has 0 atom stereocenters. The second-order valence-electron chi connectivity index (χ2n) is 5.86. The molecule has 0 bridgehead atoms.